The lowest BCUT2D eigenvalue weighted by atomic mass is 9.81. The predicted molar refractivity (Wildman–Crippen MR) is 108 cm³/mol. The van der Waals surface area contributed by atoms with Crippen molar-refractivity contribution in [3.05, 3.63) is 24.2 Å². The molecule has 0 aromatic carbocycles. The van der Waals surface area contributed by atoms with Crippen LogP contribution in [0.25, 0.3) is 11.6 Å². The Morgan fingerprint density at radius 1 is 1.37 bits per heavy atom. The average Bonchev–Trinajstić information content (AvgIpc) is 3.33. The Kier molecular flexibility index (Phi) is 7.30. The number of hydrogen-bond acceptors (Lipinski definition) is 4. The molecule has 2 atom stereocenters. The lowest BCUT2D eigenvalue weighted by molar-refractivity contribution is 0.272. The highest BCUT2D eigenvalue weighted by Gasteiger charge is 2.18. The molecule has 0 bridgehead atoms. The number of guanidine groups is 1. The summed E-state index contributed by atoms with van der Waals surface area (Å²) in [5.74, 6) is 4.71. The van der Waals surface area contributed by atoms with Gasteiger partial charge in [-0.05, 0) is 43.7 Å². The van der Waals surface area contributed by atoms with Gasteiger partial charge in [-0.25, -0.2) is 4.98 Å². The van der Waals surface area contributed by atoms with Crippen LogP contribution in [0.2, 0.25) is 0 Å². The van der Waals surface area contributed by atoms with Crippen LogP contribution in [0.1, 0.15) is 51.8 Å². The number of hydrogen-bond donors (Lipinski definition) is 3. The Morgan fingerprint density at radius 3 is 3.07 bits per heavy atom. The number of nitrogens with one attached hydrogen (secondary N) is 3. The molecule has 7 heteroatoms. The molecule has 27 heavy (non-hydrogen) atoms. The molecule has 1 aliphatic rings. The van der Waals surface area contributed by atoms with E-state index in [0.717, 1.165) is 49.7 Å². The first-order valence-electron chi connectivity index (χ1n) is 10.2. The average molecular weight is 373 g/mol. The monoisotopic (exact) mass is 372 g/mol. The smallest absolute Gasteiger partial charge is 0.216 e. The van der Waals surface area contributed by atoms with Crippen molar-refractivity contribution in [3.63, 3.8) is 0 Å². The molecule has 1 fully saturated rings. The van der Waals surface area contributed by atoms with Crippen LogP contribution >= 0.6 is 0 Å². The van der Waals surface area contributed by atoms with Crippen molar-refractivity contribution in [3.8, 4) is 11.6 Å². The summed E-state index contributed by atoms with van der Waals surface area (Å²) in [6, 6.07) is 3.69. The van der Waals surface area contributed by atoms with E-state index in [0.29, 0.717) is 11.6 Å². The molecule has 0 radical (unpaired) electrons. The standard InChI is InChI=1S/C20H32N6O/c1-3-21-20(22-11-9-16-7-4-6-15(2)14-16)23-12-10-18-24-19(26-25-18)17-8-5-13-27-17/h5,8,13,15-16H,3-4,6-7,9-12,14H2,1-2H3,(H2,21,22,23)(H,24,25,26). The second kappa shape index (κ2) is 10.1. The maximum absolute atomic E-state index is 5.32. The van der Waals surface area contributed by atoms with E-state index < -0.39 is 0 Å². The van der Waals surface area contributed by atoms with E-state index in [9.17, 15) is 0 Å². The zero-order chi connectivity index (χ0) is 18.9. The normalized spacial score (nSPS) is 20.6. The third-order valence-corrected chi connectivity index (χ3v) is 5.12. The number of H-pyrrole nitrogens is 1. The molecule has 3 rings (SSSR count). The van der Waals surface area contributed by atoms with E-state index in [1.165, 1.54) is 32.1 Å². The molecular weight excluding hydrogens is 340 g/mol. The quantitative estimate of drug-likeness (QED) is 0.488. The van der Waals surface area contributed by atoms with Crippen molar-refractivity contribution < 1.29 is 4.42 Å². The second-order valence-corrected chi connectivity index (χ2v) is 7.45. The molecule has 2 aromatic heterocycles. The van der Waals surface area contributed by atoms with E-state index in [2.05, 4.69) is 39.7 Å². The lowest BCUT2D eigenvalue weighted by Gasteiger charge is -2.26. The van der Waals surface area contributed by atoms with Crippen LogP contribution in [0.5, 0.6) is 0 Å². The Balaban J connectivity index is 1.42. The number of aromatic nitrogens is 3. The van der Waals surface area contributed by atoms with E-state index >= 15 is 0 Å². The van der Waals surface area contributed by atoms with Gasteiger partial charge in [-0.2, -0.15) is 5.10 Å². The van der Waals surface area contributed by atoms with Gasteiger partial charge in [0.1, 0.15) is 5.82 Å². The molecule has 7 nitrogen and oxygen atoms in total. The van der Waals surface area contributed by atoms with Crippen LogP contribution in [0.4, 0.5) is 0 Å². The zero-order valence-corrected chi connectivity index (χ0v) is 16.5. The molecule has 2 heterocycles. The van der Waals surface area contributed by atoms with Crippen molar-refractivity contribution in [1.82, 2.24) is 25.8 Å². The van der Waals surface area contributed by atoms with Crippen LogP contribution in [0.3, 0.4) is 0 Å². The largest absolute Gasteiger partial charge is 0.461 e. The molecule has 0 amide bonds. The highest BCUT2D eigenvalue weighted by atomic mass is 16.3. The molecule has 0 aliphatic heterocycles. The lowest BCUT2D eigenvalue weighted by Crippen LogP contribution is -2.38. The summed E-state index contributed by atoms with van der Waals surface area (Å²) in [5.41, 5.74) is 0. The molecule has 1 saturated carbocycles. The van der Waals surface area contributed by atoms with Crippen molar-refractivity contribution >= 4 is 5.96 Å². The summed E-state index contributed by atoms with van der Waals surface area (Å²) in [4.78, 5) is 9.21. The first-order chi connectivity index (χ1) is 13.2. The van der Waals surface area contributed by atoms with Gasteiger partial charge in [0.15, 0.2) is 11.7 Å². The molecular formula is C20H32N6O. The van der Waals surface area contributed by atoms with Crippen LogP contribution in [-0.2, 0) is 6.42 Å². The minimum absolute atomic E-state index is 0.595. The van der Waals surface area contributed by atoms with Crippen LogP contribution in [-0.4, -0.2) is 40.8 Å². The minimum atomic E-state index is 0.595. The third kappa shape index (κ3) is 6.12. The van der Waals surface area contributed by atoms with E-state index in [4.69, 9.17) is 9.41 Å². The number of furan rings is 1. The maximum atomic E-state index is 5.32. The fraction of sp³-hybridized carbons (Fsp3) is 0.650. The van der Waals surface area contributed by atoms with Gasteiger partial charge in [0, 0.05) is 26.1 Å². The SMILES string of the molecule is CCNC(=NCCC1CCCC(C)C1)NCCc1nc(-c2ccco2)n[nH]1. The van der Waals surface area contributed by atoms with Crippen LogP contribution in [0, 0.1) is 11.8 Å². The molecule has 2 aromatic rings. The van der Waals surface area contributed by atoms with Crippen molar-refractivity contribution in [2.75, 3.05) is 19.6 Å². The Hall–Kier alpha value is -2.31. The molecule has 3 N–H and O–H groups in total. The summed E-state index contributed by atoms with van der Waals surface area (Å²) in [6.07, 6.45) is 9.07. The number of aliphatic imine (C=N–C) groups is 1. The molecule has 0 spiro atoms. The van der Waals surface area contributed by atoms with E-state index in [1.54, 1.807) is 6.26 Å². The number of nitrogens with zero attached hydrogens (tertiary/aromatic N) is 3. The fourth-order valence-electron chi connectivity index (χ4n) is 3.74. The third-order valence-electron chi connectivity index (χ3n) is 5.12. The summed E-state index contributed by atoms with van der Waals surface area (Å²) in [6.45, 7) is 6.96. The summed E-state index contributed by atoms with van der Waals surface area (Å²) < 4.78 is 5.32. The Labute approximate surface area is 161 Å². The van der Waals surface area contributed by atoms with Gasteiger partial charge in [0.2, 0.25) is 5.82 Å². The zero-order valence-electron chi connectivity index (χ0n) is 16.5. The van der Waals surface area contributed by atoms with Crippen LogP contribution in [0.15, 0.2) is 27.8 Å². The highest BCUT2D eigenvalue weighted by Crippen LogP contribution is 2.30. The highest BCUT2D eigenvalue weighted by molar-refractivity contribution is 5.79. The first kappa shape index (κ1) is 19.5. The van der Waals surface area contributed by atoms with Gasteiger partial charge in [-0.3, -0.25) is 10.1 Å². The van der Waals surface area contributed by atoms with Crippen molar-refractivity contribution in [2.45, 2.75) is 52.4 Å². The Bertz CT molecular complexity index is 693. The molecule has 2 unspecified atom stereocenters. The van der Waals surface area contributed by atoms with Gasteiger partial charge in [-0.15, -0.1) is 0 Å². The minimum Gasteiger partial charge on any atom is -0.461 e. The van der Waals surface area contributed by atoms with Crippen LogP contribution < -0.4 is 10.6 Å². The number of aromatic amines is 1. The Morgan fingerprint density at radius 2 is 2.30 bits per heavy atom. The first-order valence-corrected chi connectivity index (χ1v) is 10.2. The van der Waals surface area contributed by atoms with Gasteiger partial charge in [0.05, 0.1) is 6.26 Å². The topological polar surface area (TPSA) is 91.1 Å². The summed E-state index contributed by atoms with van der Waals surface area (Å²) in [7, 11) is 0. The van der Waals surface area contributed by atoms with Gasteiger partial charge in [-0.1, -0.05) is 26.2 Å². The fourth-order valence-corrected chi connectivity index (χ4v) is 3.74. The number of rotatable bonds is 8. The van der Waals surface area contributed by atoms with Crippen molar-refractivity contribution in [2.24, 2.45) is 16.8 Å². The summed E-state index contributed by atoms with van der Waals surface area (Å²) in [5, 5.41) is 13.9. The van der Waals surface area contributed by atoms with Gasteiger partial charge < -0.3 is 15.1 Å². The maximum Gasteiger partial charge on any atom is 0.216 e. The molecule has 0 saturated heterocycles. The molecule has 1 aliphatic carbocycles. The van der Waals surface area contributed by atoms with Gasteiger partial charge >= 0.3 is 0 Å². The van der Waals surface area contributed by atoms with Gasteiger partial charge in [0.25, 0.3) is 0 Å². The van der Waals surface area contributed by atoms with E-state index in [-0.39, 0.29) is 0 Å². The molecule has 148 valence electrons. The summed E-state index contributed by atoms with van der Waals surface area (Å²) >= 11 is 0. The van der Waals surface area contributed by atoms with E-state index in [1.807, 2.05) is 12.1 Å². The van der Waals surface area contributed by atoms with Crippen molar-refractivity contribution in [1.29, 1.82) is 0 Å². The predicted octanol–water partition coefficient (Wildman–Crippen LogP) is 3.38. The second-order valence-electron chi connectivity index (χ2n) is 7.45.